The van der Waals surface area contributed by atoms with Gasteiger partial charge in [0, 0.05) is 29.4 Å². The zero-order valence-electron chi connectivity index (χ0n) is 10.9. The minimum atomic E-state index is -4.09. The third kappa shape index (κ3) is 4.36. The van der Waals surface area contributed by atoms with Gasteiger partial charge in [0.2, 0.25) is 10.0 Å². The number of halogens is 1. The molecule has 9 heteroatoms. The predicted molar refractivity (Wildman–Crippen MR) is 71.9 cm³/mol. The van der Waals surface area contributed by atoms with Crippen LogP contribution in [0.5, 0.6) is 0 Å². The Morgan fingerprint density at radius 3 is 2.65 bits per heavy atom. The third-order valence-corrected chi connectivity index (χ3v) is 4.60. The van der Waals surface area contributed by atoms with Crippen LogP contribution < -0.4 is 4.72 Å². The second kappa shape index (κ2) is 6.91. The maximum absolute atomic E-state index is 13.2. The molecule has 1 aromatic rings. The zero-order chi connectivity index (χ0) is 15.3. The van der Waals surface area contributed by atoms with E-state index in [-0.39, 0.29) is 17.9 Å². The topological polar surface area (TPSA) is 89.5 Å². The normalized spacial score (nSPS) is 12.9. The van der Waals surface area contributed by atoms with Crippen molar-refractivity contribution in [1.82, 2.24) is 4.72 Å². The molecule has 0 amide bonds. The van der Waals surface area contributed by atoms with Gasteiger partial charge in [0.1, 0.15) is 5.82 Å². The lowest BCUT2D eigenvalue weighted by Gasteiger charge is -2.10. The van der Waals surface area contributed by atoms with E-state index in [0.717, 1.165) is 25.3 Å². The average molecular weight is 323 g/mol. The Morgan fingerprint density at radius 1 is 1.45 bits per heavy atom. The molecule has 0 radical (unpaired) electrons. The first-order valence-corrected chi connectivity index (χ1v) is 8.66. The Morgan fingerprint density at radius 2 is 2.10 bits per heavy atom. The van der Waals surface area contributed by atoms with Crippen LogP contribution in [0.1, 0.15) is 10.4 Å². The van der Waals surface area contributed by atoms with Crippen LogP contribution >= 0.6 is 0 Å². The lowest BCUT2D eigenvalue weighted by atomic mass is 10.2. The van der Waals surface area contributed by atoms with E-state index in [1.54, 1.807) is 0 Å². The molecule has 0 bridgehead atoms. The number of hydrogen-bond acceptors (Lipinski definition) is 5. The fourth-order valence-corrected chi connectivity index (χ4v) is 3.15. The summed E-state index contributed by atoms with van der Waals surface area (Å²) in [5.41, 5.74) is -0.265. The Labute approximate surface area is 118 Å². The number of ether oxygens (including phenoxy) is 1. The molecule has 0 aliphatic rings. The van der Waals surface area contributed by atoms with Crippen LogP contribution in [0.2, 0.25) is 0 Å². The van der Waals surface area contributed by atoms with Gasteiger partial charge in [0.25, 0.3) is 0 Å². The van der Waals surface area contributed by atoms with Crippen LogP contribution in [-0.2, 0) is 25.6 Å². The van der Waals surface area contributed by atoms with Crippen LogP contribution in [-0.4, -0.2) is 44.3 Å². The smallest absolute Gasteiger partial charge is 0.339 e. The van der Waals surface area contributed by atoms with Crippen molar-refractivity contribution in [3.63, 3.8) is 0 Å². The second-order valence-corrected chi connectivity index (χ2v) is 7.10. The number of methoxy groups -OCH3 is 1. The molecule has 0 aliphatic carbocycles. The summed E-state index contributed by atoms with van der Waals surface area (Å²) < 4.78 is 54.7. The number of nitrogens with one attached hydrogen (secondary N) is 1. The SMILES string of the molecule is COC(=O)c1ccc(F)cc1S(=O)(=O)NCCS(C)=O. The number of hydrogen-bond donors (Lipinski definition) is 1. The van der Waals surface area contributed by atoms with Gasteiger partial charge < -0.3 is 4.74 Å². The monoisotopic (exact) mass is 323 g/mol. The predicted octanol–water partition coefficient (Wildman–Crippen LogP) is 0.269. The molecular formula is C11H14FNO5S2. The molecule has 0 spiro atoms. The highest BCUT2D eigenvalue weighted by molar-refractivity contribution is 7.89. The van der Waals surface area contributed by atoms with Crippen LogP contribution in [0.25, 0.3) is 0 Å². The minimum Gasteiger partial charge on any atom is -0.465 e. The van der Waals surface area contributed by atoms with Crippen molar-refractivity contribution < 1.29 is 26.5 Å². The third-order valence-electron chi connectivity index (χ3n) is 2.32. The molecule has 0 saturated carbocycles. The molecule has 0 aliphatic heterocycles. The molecule has 0 saturated heterocycles. The zero-order valence-corrected chi connectivity index (χ0v) is 12.5. The maximum atomic E-state index is 13.2. The van der Waals surface area contributed by atoms with Gasteiger partial charge in [-0.05, 0) is 18.2 Å². The molecule has 0 aromatic heterocycles. The molecule has 20 heavy (non-hydrogen) atoms. The molecular weight excluding hydrogens is 309 g/mol. The van der Waals surface area contributed by atoms with Crippen LogP contribution in [0.15, 0.2) is 23.1 Å². The molecule has 0 heterocycles. The number of carbonyl (C=O) groups excluding carboxylic acids is 1. The van der Waals surface area contributed by atoms with Crippen molar-refractivity contribution in [1.29, 1.82) is 0 Å². The van der Waals surface area contributed by atoms with Gasteiger partial charge in [0.05, 0.1) is 17.6 Å². The standard InChI is InChI=1S/C11H14FNO5S2/c1-18-11(14)9-4-3-8(12)7-10(9)20(16,17)13-5-6-19(2)15/h3-4,7,13H,5-6H2,1-2H3. The van der Waals surface area contributed by atoms with Crippen LogP contribution in [0.4, 0.5) is 4.39 Å². The molecule has 1 N–H and O–H groups in total. The first-order chi connectivity index (χ1) is 9.27. The summed E-state index contributed by atoms with van der Waals surface area (Å²) in [6.45, 7) is -0.0808. The second-order valence-electron chi connectivity index (χ2n) is 3.81. The number of benzene rings is 1. The molecule has 1 rings (SSSR count). The van der Waals surface area contributed by atoms with Crippen molar-refractivity contribution in [2.24, 2.45) is 0 Å². The largest absolute Gasteiger partial charge is 0.465 e. The maximum Gasteiger partial charge on any atom is 0.339 e. The van der Waals surface area contributed by atoms with Crippen LogP contribution in [0, 0.1) is 5.82 Å². The van der Waals surface area contributed by atoms with Crippen molar-refractivity contribution >= 4 is 26.8 Å². The highest BCUT2D eigenvalue weighted by Gasteiger charge is 2.23. The highest BCUT2D eigenvalue weighted by atomic mass is 32.2. The van der Waals surface area contributed by atoms with Gasteiger partial charge >= 0.3 is 5.97 Å². The van der Waals surface area contributed by atoms with Gasteiger partial charge in [-0.1, -0.05) is 0 Å². The fourth-order valence-electron chi connectivity index (χ4n) is 1.39. The lowest BCUT2D eigenvalue weighted by molar-refractivity contribution is 0.0596. The minimum absolute atomic E-state index is 0.0808. The number of esters is 1. The Kier molecular flexibility index (Phi) is 5.78. The Hall–Kier alpha value is -1.32. The summed E-state index contributed by atoms with van der Waals surface area (Å²) >= 11 is 0. The fraction of sp³-hybridized carbons (Fsp3) is 0.364. The number of carbonyl (C=O) groups is 1. The van der Waals surface area contributed by atoms with E-state index in [0.29, 0.717) is 0 Å². The Balaban J connectivity index is 3.12. The van der Waals surface area contributed by atoms with E-state index >= 15 is 0 Å². The van der Waals surface area contributed by atoms with Gasteiger partial charge in [0.15, 0.2) is 0 Å². The summed E-state index contributed by atoms with van der Waals surface area (Å²) in [5.74, 6) is -1.57. The molecule has 1 unspecified atom stereocenters. The molecule has 1 aromatic carbocycles. The summed E-state index contributed by atoms with van der Waals surface area (Å²) in [6.07, 6.45) is 1.43. The number of rotatable bonds is 6. The quantitative estimate of drug-likeness (QED) is 0.759. The van der Waals surface area contributed by atoms with Crippen molar-refractivity contribution in [2.75, 3.05) is 25.7 Å². The van der Waals surface area contributed by atoms with Gasteiger partial charge in [-0.3, -0.25) is 4.21 Å². The average Bonchev–Trinajstić information content (AvgIpc) is 2.37. The van der Waals surface area contributed by atoms with Gasteiger partial charge in [-0.15, -0.1) is 0 Å². The van der Waals surface area contributed by atoms with Crippen molar-refractivity contribution in [3.8, 4) is 0 Å². The van der Waals surface area contributed by atoms with E-state index in [1.165, 1.54) is 6.26 Å². The molecule has 1 atom stereocenters. The summed E-state index contributed by atoms with van der Waals surface area (Å²) in [7, 11) is -4.17. The summed E-state index contributed by atoms with van der Waals surface area (Å²) in [4.78, 5) is 11.0. The molecule has 0 fully saturated rings. The first kappa shape index (κ1) is 16.7. The van der Waals surface area contributed by atoms with E-state index < -0.39 is 37.5 Å². The lowest BCUT2D eigenvalue weighted by Crippen LogP contribution is -2.29. The van der Waals surface area contributed by atoms with E-state index in [2.05, 4.69) is 9.46 Å². The van der Waals surface area contributed by atoms with E-state index in [1.807, 2.05) is 0 Å². The highest BCUT2D eigenvalue weighted by Crippen LogP contribution is 2.18. The van der Waals surface area contributed by atoms with Crippen molar-refractivity contribution in [2.45, 2.75) is 4.90 Å². The Bertz CT molecular complexity index is 630. The molecule has 6 nitrogen and oxygen atoms in total. The van der Waals surface area contributed by atoms with Gasteiger partial charge in [-0.25, -0.2) is 22.3 Å². The van der Waals surface area contributed by atoms with Gasteiger partial charge in [-0.2, -0.15) is 0 Å². The van der Waals surface area contributed by atoms with E-state index in [9.17, 15) is 21.8 Å². The van der Waals surface area contributed by atoms with Crippen molar-refractivity contribution in [3.05, 3.63) is 29.6 Å². The summed E-state index contributed by atoms with van der Waals surface area (Å²) in [6, 6.07) is 2.73. The first-order valence-electron chi connectivity index (χ1n) is 5.45. The van der Waals surface area contributed by atoms with Crippen LogP contribution in [0.3, 0.4) is 0 Å². The molecule has 112 valence electrons. The number of sulfonamides is 1. The van der Waals surface area contributed by atoms with E-state index in [4.69, 9.17) is 0 Å². The summed E-state index contributed by atoms with van der Waals surface area (Å²) in [5, 5.41) is 0.